The number of fused-ring (bicyclic) bond motifs is 1. The normalized spacial score (nSPS) is 10.8. The molecule has 4 aromatic rings. The van der Waals surface area contributed by atoms with Gasteiger partial charge in [-0.3, -0.25) is 4.79 Å². The molecule has 27 heavy (non-hydrogen) atoms. The number of aromatic amines is 1. The number of para-hydroxylation sites is 1. The van der Waals surface area contributed by atoms with E-state index in [2.05, 4.69) is 25.6 Å². The van der Waals surface area contributed by atoms with E-state index in [9.17, 15) is 4.79 Å². The standard InChI is InChI=1S/C20H20N6O/c27-20(11-15-13-23-17-6-2-1-5-16(15)17)22-8-7-21-18-12-19(25-14-24-18)26-9-3-4-10-26/h1-6,9-10,12-14,23H,7-8,11H2,(H,22,27)(H,21,24,25). The van der Waals surface area contributed by atoms with Crippen molar-refractivity contribution in [3.05, 3.63) is 72.9 Å². The molecule has 3 aromatic heterocycles. The monoisotopic (exact) mass is 360 g/mol. The Morgan fingerprint density at radius 3 is 2.81 bits per heavy atom. The Morgan fingerprint density at radius 2 is 1.93 bits per heavy atom. The lowest BCUT2D eigenvalue weighted by molar-refractivity contribution is -0.120. The van der Waals surface area contributed by atoms with Gasteiger partial charge in [-0.1, -0.05) is 18.2 Å². The van der Waals surface area contributed by atoms with Crippen LogP contribution in [0.25, 0.3) is 16.7 Å². The van der Waals surface area contributed by atoms with Gasteiger partial charge >= 0.3 is 0 Å². The number of benzene rings is 1. The van der Waals surface area contributed by atoms with Crippen molar-refractivity contribution in [2.45, 2.75) is 6.42 Å². The zero-order valence-electron chi connectivity index (χ0n) is 14.7. The number of rotatable bonds is 7. The number of nitrogens with one attached hydrogen (secondary N) is 3. The zero-order chi connectivity index (χ0) is 18.5. The van der Waals surface area contributed by atoms with E-state index in [0.29, 0.717) is 19.5 Å². The van der Waals surface area contributed by atoms with Crippen LogP contribution < -0.4 is 10.6 Å². The van der Waals surface area contributed by atoms with Crippen LogP contribution in [0.1, 0.15) is 5.56 Å². The molecule has 0 saturated heterocycles. The number of carbonyl (C=O) groups excluding carboxylic acids is 1. The summed E-state index contributed by atoms with van der Waals surface area (Å²) in [6, 6.07) is 13.7. The Hall–Kier alpha value is -3.61. The fourth-order valence-electron chi connectivity index (χ4n) is 2.98. The summed E-state index contributed by atoms with van der Waals surface area (Å²) in [7, 11) is 0. The van der Waals surface area contributed by atoms with E-state index in [1.165, 1.54) is 6.33 Å². The first-order valence-corrected chi connectivity index (χ1v) is 8.80. The summed E-state index contributed by atoms with van der Waals surface area (Å²) in [4.78, 5) is 23.8. The Balaban J connectivity index is 1.26. The maximum atomic E-state index is 12.2. The average Bonchev–Trinajstić information content (AvgIpc) is 3.36. The number of hydrogen-bond donors (Lipinski definition) is 3. The molecule has 3 N–H and O–H groups in total. The van der Waals surface area contributed by atoms with Crippen molar-refractivity contribution in [2.75, 3.05) is 18.4 Å². The fourth-order valence-corrected chi connectivity index (χ4v) is 2.98. The van der Waals surface area contributed by atoms with Crippen LogP contribution in [0.3, 0.4) is 0 Å². The molecule has 0 saturated carbocycles. The third kappa shape index (κ3) is 3.98. The van der Waals surface area contributed by atoms with E-state index in [-0.39, 0.29) is 5.91 Å². The number of anilines is 1. The maximum Gasteiger partial charge on any atom is 0.224 e. The van der Waals surface area contributed by atoms with Crippen molar-refractivity contribution in [1.29, 1.82) is 0 Å². The smallest absolute Gasteiger partial charge is 0.224 e. The minimum absolute atomic E-state index is 0.00253. The van der Waals surface area contributed by atoms with Crippen molar-refractivity contribution < 1.29 is 4.79 Å². The molecule has 0 aliphatic rings. The van der Waals surface area contributed by atoms with Gasteiger partial charge < -0.3 is 20.2 Å². The van der Waals surface area contributed by atoms with E-state index in [1.807, 2.05) is 65.6 Å². The van der Waals surface area contributed by atoms with Crippen LogP contribution in [0, 0.1) is 0 Å². The van der Waals surface area contributed by atoms with Crippen molar-refractivity contribution in [1.82, 2.24) is 24.8 Å². The highest BCUT2D eigenvalue weighted by Crippen LogP contribution is 2.17. The topological polar surface area (TPSA) is 87.6 Å². The summed E-state index contributed by atoms with van der Waals surface area (Å²) in [6.45, 7) is 1.10. The number of carbonyl (C=O) groups is 1. The van der Waals surface area contributed by atoms with Gasteiger partial charge in [-0.25, -0.2) is 9.97 Å². The lowest BCUT2D eigenvalue weighted by atomic mass is 10.1. The second kappa shape index (κ2) is 7.74. The number of amides is 1. The number of aromatic nitrogens is 4. The highest BCUT2D eigenvalue weighted by molar-refractivity contribution is 5.88. The molecule has 0 radical (unpaired) electrons. The van der Waals surface area contributed by atoms with E-state index in [1.54, 1.807) is 0 Å². The molecule has 0 fully saturated rings. The highest BCUT2D eigenvalue weighted by atomic mass is 16.1. The minimum Gasteiger partial charge on any atom is -0.368 e. The van der Waals surface area contributed by atoms with Gasteiger partial charge in [-0.15, -0.1) is 0 Å². The van der Waals surface area contributed by atoms with Gasteiger partial charge in [0.05, 0.1) is 6.42 Å². The number of hydrogen-bond acceptors (Lipinski definition) is 4. The van der Waals surface area contributed by atoms with Crippen LogP contribution in [0.15, 0.2) is 67.4 Å². The van der Waals surface area contributed by atoms with Gasteiger partial charge in [0.25, 0.3) is 0 Å². The molecule has 0 atom stereocenters. The second-order valence-corrected chi connectivity index (χ2v) is 6.16. The van der Waals surface area contributed by atoms with Gasteiger partial charge in [0.15, 0.2) is 0 Å². The van der Waals surface area contributed by atoms with Crippen molar-refractivity contribution in [3.63, 3.8) is 0 Å². The van der Waals surface area contributed by atoms with Crippen LogP contribution in [0.2, 0.25) is 0 Å². The summed E-state index contributed by atoms with van der Waals surface area (Å²) in [5, 5.41) is 7.23. The molecule has 4 rings (SSSR count). The third-order valence-electron chi connectivity index (χ3n) is 4.30. The average molecular weight is 360 g/mol. The Morgan fingerprint density at radius 1 is 1.07 bits per heavy atom. The molecule has 0 aliphatic heterocycles. The van der Waals surface area contributed by atoms with E-state index in [4.69, 9.17) is 0 Å². The first-order chi connectivity index (χ1) is 13.3. The lowest BCUT2D eigenvalue weighted by Crippen LogP contribution is -2.30. The molecular weight excluding hydrogens is 340 g/mol. The predicted octanol–water partition coefficient (Wildman–Crippen LogP) is 2.52. The summed E-state index contributed by atoms with van der Waals surface area (Å²) in [5.41, 5.74) is 2.05. The molecular formula is C20H20N6O. The van der Waals surface area contributed by atoms with E-state index >= 15 is 0 Å². The number of nitrogens with zero attached hydrogens (tertiary/aromatic N) is 3. The maximum absolute atomic E-state index is 12.2. The van der Waals surface area contributed by atoms with Crippen LogP contribution in [0.4, 0.5) is 5.82 Å². The summed E-state index contributed by atoms with van der Waals surface area (Å²) >= 11 is 0. The molecule has 0 aliphatic carbocycles. The first kappa shape index (κ1) is 16.8. The molecule has 7 nitrogen and oxygen atoms in total. The van der Waals surface area contributed by atoms with Gasteiger partial charge in [0, 0.05) is 48.6 Å². The Bertz CT molecular complexity index is 1040. The fraction of sp³-hybridized carbons (Fsp3) is 0.150. The summed E-state index contributed by atoms with van der Waals surface area (Å²) < 4.78 is 1.91. The van der Waals surface area contributed by atoms with Crippen molar-refractivity contribution >= 4 is 22.6 Å². The first-order valence-electron chi connectivity index (χ1n) is 8.80. The Labute approximate surface area is 156 Å². The van der Waals surface area contributed by atoms with Crippen LogP contribution in [-0.4, -0.2) is 38.5 Å². The molecule has 0 bridgehead atoms. The van der Waals surface area contributed by atoms with Crippen LogP contribution in [-0.2, 0) is 11.2 Å². The summed E-state index contributed by atoms with van der Waals surface area (Å²) in [5.74, 6) is 1.51. The van der Waals surface area contributed by atoms with E-state index < -0.39 is 0 Å². The molecule has 7 heteroatoms. The SMILES string of the molecule is O=C(Cc1c[nH]c2ccccc12)NCCNc1cc(-n2cccc2)ncn1. The molecule has 3 heterocycles. The largest absolute Gasteiger partial charge is 0.368 e. The quantitative estimate of drug-likeness (QED) is 0.442. The third-order valence-corrected chi connectivity index (χ3v) is 4.30. The zero-order valence-corrected chi connectivity index (χ0v) is 14.7. The molecule has 1 amide bonds. The van der Waals surface area contributed by atoms with Gasteiger partial charge in [-0.2, -0.15) is 0 Å². The molecule has 0 unspecified atom stereocenters. The van der Waals surface area contributed by atoms with Gasteiger partial charge in [0.2, 0.25) is 5.91 Å². The predicted molar refractivity (Wildman–Crippen MR) is 105 cm³/mol. The lowest BCUT2D eigenvalue weighted by Gasteiger charge is -2.08. The molecule has 136 valence electrons. The Kier molecular flexibility index (Phi) is 4.82. The number of H-pyrrole nitrogens is 1. The minimum atomic E-state index is -0.00253. The van der Waals surface area contributed by atoms with Crippen LogP contribution in [0.5, 0.6) is 0 Å². The van der Waals surface area contributed by atoms with Crippen molar-refractivity contribution in [2.24, 2.45) is 0 Å². The molecule has 0 spiro atoms. The van der Waals surface area contributed by atoms with Crippen molar-refractivity contribution in [3.8, 4) is 5.82 Å². The van der Waals surface area contributed by atoms with Gasteiger partial charge in [-0.05, 0) is 23.8 Å². The summed E-state index contributed by atoms with van der Waals surface area (Å²) in [6.07, 6.45) is 7.63. The highest BCUT2D eigenvalue weighted by Gasteiger charge is 2.08. The van der Waals surface area contributed by atoms with E-state index in [0.717, 1.165) is 28.1 Å². The second-order valence-electron chi connectivity index (χ2n) is 6.16. The molecule has 1 aromatic carbocycles. The van der Waals surface area contributed by atoms with Crippen LogP contribution >= 0.6 is 0 Å². The van der Waals surface area contributed by atoms with Gasteiger partial charge in [0.1, 0.15) is 18.0 Å².